The molecule has 0 saturated carbocycles. The monoisotopic (exact) mass is 132 g/mol. The van der Waals surface area contributed by atoms with Gasteiger partial charge < -0.3 is 0 Å². The molecule has 0 rings (SSSR count). The van der Waals surface area contributed by atoms with Crippen molar-refractivity contribution in [2.45, 2.75) is 19.0 Å². The second-order valence-electron chi connectivity index (χ2n) is 1.44. The van der Waals surface area contributed by atoms with Crippen molar-refractivity contribution in [3.05, 3.63) is 0 Å². The summed E-state index contributed by atoms with van der Waals surface area (Å²) in [5.74, 6) is 0. The topological polar surface area (TPSA) is 23.8 Å². The molecule has 7 heavy (non-hydrogen) atoms. The lowest BCUT2D eigenvalue weighted by Crippen LogP contribution is -2.01. The van der Waals surface area contributed by atoms with Crippen LogP contribution in [0, 0.1) is 11.3 Å². The van der Waals surface area contributed by atoms with E-state index in [0.717, 1.165) is 0 Å². The van der Waals surface area contributed by atoms with Crippen molar-refractivity contribution in [1.82, 2.24) is 0 Å². The largest absolute Gasteiger partial charge is 0.198 e. The van der Waals surface area contributed by atoms with Crippen molar-refractivity contribution in [2.75, 3.05) is 0 Å². The summed E-state index contributed by atoms with van der Waals surface area (Å²) in [7, 11) is -0.852. The third-order valence-corrected chi connectivity index (χ3v) is 3.09. The molecule has 0 aromatic rings. The predicted molar refractivity (Wildman–Crippen MR) is 32.5 cm³/mol. The summed E-state index contributed by atoms with van der Waals surface area (Å²) in [6.07, 6.45) is 0. The smallest absolute Gasteiger partial charge is 0.179 e. The average molecular weight is 133 g/mol. The van der Waals surface area contributed by atoms with Gasteiger partial charge in [-0.15, -0.1) is 0 Å². The first-order valence-electron chi connectivity index (χ1n) is 2.07. The first-order chi connectivity index (χ1) is 3.18. The zero-order valence-electron chi connectivity index (χ0n) is 4.40. The Morgan fingerprint density at radius 3 is 2.29 bits per heavy atom. The molecule has 1 unspecified atom stereocenters. The molecule has 0 heterocycles. The van der Waals surface area contributed by atoms with Crippen LogP contribution in [0.1, 0.15) is 6.92 Å². The number of nitrogens with zero attached hydrogens (tertiary/aromatic N) is 1. The first-order valence-corrected chi connectivity index (χ1v) is 5.16. The van der Waals surface area contributed by atoms with Gasteiger partial charge in [0, 0.05) is 0 Å². The minimum absolute atomic E-state index is 0.0756. The number of rotatable bonds is 1. The maximum Gasteiger partial charge on any atom is 0.179 e. The molecule has 1 atom stereocenters. The molecule has 0 aromatic heterocycles. The lowest BCUT2D eigenvalue weighted by Gasteiger charge is -1.96. The van der Waals surface area contributed by atoms with Crippen molar-refractivity contribution in [3.63, 3.8) is 0 Å². The second-order valence-corrected chi connectivity index (χ2v) is 5.27. The van der Waals surface area contributed by atoms with Gasteiger partial charge in [-0.05, 0) is 0 Å². The summed E-state index contributed by atoms with van der Waals surface area (Å²) in [6.45, 7) is 3.77. The van der Waals surface area contributed by atoms with Gasteiger partial charge in [0.1, 0.15) is 0 Å². The van der Waals surface area contributed by atoms with Crippen LogP contribution in [0.2, 0.25) is 12.1 Å². The van der Waals surface area contributed by atoms with Gasteiger partial charge in [0.2, 0.25) is 0 Å². The highest BCUT2D eigenvalue weighted by molar-refractivity contribution is 7.07. The van der Waals surface area contributed by atoms with Crippen LogP contribution in [0.15, 0.2) is 0 Å². The van der Waals surface area contributed by atoms with Gasteiger partial charge in [0.25, 0.3) is 0 Å². The molecule has 0 aliphatic carbocycles. The summed E-state index contributed by atoms with van der Waals surface area (Å²) >= 11 is 5.61. The van der Waals surface area contributed by atoms with Crippen LogP contribution < -0.4 is 0 Å². The van der Waals surface area contributed by atoms with Crippen molar-refractivity contribution in [1.29, 1.82) is 5.26 Å². The lowest BCUT2D eigenvalue weighted by atomic mass is 10.5. The second kappa shape index (κ2) is 3.06. The molecule has 0 aromatic carbocycles. The SMILES string of the molecule is CC(C#N)[Si](C)Cl. The van der Waals surface area contributed by atoms with Gasteiger partial charge in [-0.2, -0.15) is 16.3 Å². The Hall–Kier alpha value is -0.00312. The number of nitriles is 1. The first kappa shape index (κ1) is 7.00. The van der Waals surface area contributed by atoms with E-state index in [4.69, 9.17) is 16.3 Å². The summed E-state index contributed by atoms with van der Waals surface area (Å²) in [5.41, 5.74) is 0.0756. The van der Waals surface area contributed by atoms with Crippen LogP contribution in [0.25, 0.3) is 0 Å². The van der Waals surface area contributed by atoms with Crippen LogP contribution in [0.4, 0.5) is 0 Å². The fraction of sp³-hybridized carbons (Fsp3) is 0.750. The van der Waals surface area contributed by atoms with E-state index in [1.165, 1.54) is 0 Å². The third kappa shape index (κ3) is 2.66. The predicted octanol–water partition coefficient (Wildman–Crippen LogP) is 1.76. The van der Waals surface area contributed by atoms with Crippen LogP contribution in [0.3, 0.4) is 0 Å². The van der Waals surface area contributed by atoms with Crippen molar-refractivity contribution < 1.29 is 0 Å². The molecule has 0 aliphatic rings. The minimum atomic E-state index is -0.852. The maximum atomic E-state index is 8.20. The van der Waals surface area contributed by atoms with Gasteiger partial charge in [-0.1, -0.05) is 13.5 Å². The van der Waals surface area contributed by atoms with Gasteiger partial charge in [0.15, 0.2) is 8.11 Å². The third-order valence-electron chi connectivity index (χ3n) is 0.790. The molecule has 1 radical (unpaired) electrons. The highest BCUT2D eigenvalue weighted by Crippen LogP contribution is 2.08. The summed E-state index contributed by atoms with van der Waals surface area (Å²) in [5, 5.41) is 8.20. The normalized spacial score (nSPS) is 13.6. The van der Waals surface area contributed by atoms with Crippen LogP contribution in [-0.4, -0.2) is 8.11 Å². The summed E-state index contributed by atoms with van der Waals surface area (Å²) in [4.78, 5) is 0. The van der Waals surface area contributed by atoms with E-state index >= 15 is 0 Å². The Morgan fingerprint density at radius 2 is 2.29 bits per heavy atom. The van der Waals surface area contributed by atoms with E-state index in [-0.39, 0.29) is 5.54 Å². The summed E-state index contributed by atoms with van der Waals surface area (Å²) in [6, 6.07) is 2.08. The van der Waals surface area contributed by atoms with Crippen LogP contribution >= 0.6 is 11.1 Å². The molecule has 0 spiro atoms. The zero-order valence-corrected chi connectivity index (χ0v) is 6.16. The van der Waals surface area contributed by atoms with E-state index in [9.17, 15) is 0 Å². The van der Waals surface area contributed by atoms with Gasteiger partial charge in [-0.3, -0.25) is 0 Å². The highest BCUT2D eigenvalue weighted by Gasteiger charge is 2.08. The molecule has 0 aliphatic heterocycles. The van der Waals surface area contributed by atoms with E-state index in [0.29, 0.717) is 0 Å². The Morgan fingerprint density at radius 1 is 1.86 bits per heavy atom. The van der Waals surface area contributed by atoms with Crippen molar-refractivity contribution >= 4 is 19.2 Å². The molecule has 0 bridgehead atoms. The molecular formula is C4H7ClNSi. The van der Waals surface area contributed by atoms with Crippen molar-refractivity contribution in [2.24, 2.45) is 0 Å². The standard InChI is InChI=1S/C4H7ClNSi/c1-4(3-6)7(2)5/h4H,1-2H3. The van der Waals surface area contributed by atoms with Crippen LogP contribution in [0.5, 0.6) is 0 Å². The molecule has 39 valence electrons. The lowest BCUT2D eigenvalue weighted by molar-refractivity contribution is 1.19. The van der Waals surface area contributed by atoms with E-state index in [1.54, 1.807) is 0 Å². The van der Waals surface area contributed by atoms with E-state index in [1.807, 2.05) is 13.5 Å². The molecule has 0 N–H and O–H groups in total. The number of hydrogen-bond acceptors (Lipinski definition) is 1. The Balaban J connectivity index is 3.40. The maximum absolute atomic E-state index is 8.20. The van der Waals surface area contributed by atoms with Crippen LogP contribution in [-0.2, 0) is 0 Å². The molecule has 0 fully saturated rings. The number of hydrogen-bond donors (Lipinski definition) is 0. The molecule has 0 saturated heterocycles. The summed E-state index contributed by atoms with van der Waals surface area (Å²) < 4.78 is 0. The fourth-order valence-electron chi connectivity index (χ4n) is 0.0889. The molecule has 3 heteroatoms. The molecular weight excluding hydrogens is 126 g/mol. The van der Waals surface area contributed by atoms with E-state index < -0.39 is 8.11 Å². The minimum Gasteiger partial charge on any atom is -0.198 e. The van der Waals surface area contributed by atoms with Gasteiger partial charge >= 0.3 is 0 Å². The fourth-order valence-corrected chi connectivity index (χ4v) is 0.413. The zero-order chi connectivity index (χ0) is 5.86. The van der Waals surface area contributed by atoms with E-state index in [2.05, 4.69) is 6.07 Å². The average Bonchev–Trinajstić information content (AvgIpc) is 1.65. The van der Waals surface area contributed by atoms with Gasteiger partial charge in [0.05, 0.1) is 11.6 Å². The molecule has 1 nitrogen and oxygen atoms in total. The molecule has 0 amide bonds. The highest BCUT2D eigenvalue weighted by atomic mass is 35.6. The number of halogens is 1. The Labute approximate surface area is 50.2 Å². The van der Waals surface area contributed by atoms with Gasteiger partial charge in [-0.25, -0.2) is 0 Å². The Kier molecular flexibility index (Phi) is 3.06. The quantitative estimate of drug-likeness (QED) is 0.394. The Bertz CT molecular complexity index is 86.2. The van der Waals surface area contributed by atoms with Crippen molar-refractivity contribution in [3.8, 4) is 6.07 Å².